The number of rotatable bonds is 4. The predicted molar refractivity (Wildman–Crippen MR) is 78.2 cm³/mol. The van der Waals surface area contributed by atoms with Gasteiger partial charge in [-0.2, -0.15) is 0 Å². The quantitative estimate of drug-likeness (QED) is 0.914. The maximum Gasteiger partial charge on any atom is 0.0468 e. The first-order chi connectivity index (χ1) is 8.67. The van der Waals surface area contributed by atoms with Gasteiger partial charge < -0.3 is 5.73 Å². The molecule has 0 radical (unpaired) electrons. The lowest BCUT2D eigenvalue weighted by molar-refractivity contribution is 0.231. The third-order valence-corrected chi connectivity index (χ3v) is 4.28. The van der Waals surface area contributed by atoms with Crippen LogP contribution < -0.4 is 5.73 Å². The summed E-state index contributed by atoms with van der Waals surface area (Å²) in [5, 5.41) is 1.45. The molecule has 2 nitrogen and oxygen atoms in total. The van der Waals surface area contributed by atoms with Crippen molar-refractivity contribution in [2.24, 2.45) is 11.7 Å². The van der Waals surface area contributed by atoms with Crippen molar-refractivity contribution in [3.05, 3.63) is 33.8 Å². The van der Waals surface area contributed by atoms with Gasteiger partial charge in [0.1, 0.15) is 0 Å². The van der Waals surface area contributed by atoms with Crippen LogP contribution in [0.4, 0.5) is 0 Å². The molecular weight excluding hydrogens is 267 g/mol. The second kappa shape index (κ2) is 6.25. The summed E-state index contributed by atoms with van der Waals surface area (Å²) < 4.78 is 0. The molecule has 0 saturated carbocycles. The van der Waals surface area contributed by atoms with Crippen molar-refractivity contribution in [3.63, 3.8) is 0 Å². The minimum absolute atomic E-state index is 0.347. The summed E-state index contributed by atoms with van der Waals surface area (Å²) in [5.74, 6) is 0.496. The molecule has 1 aromatic carbocycles. The van der Waals surface area contributed by atoms with Crippen molar-refractivity contribution in [3.8, 4) is 0 Å². The number of nitrogens with zero attached hydrogens (tertiary/aromatic N) is 1. The zero-order valence-electron chi connectivity index (χ0n) is 10.7. The first-order valence-corrected chi connectivity index (χ1v) is 7.32. The highest BCUT2D eigenvalue weighted by Crippen LogP contribution is 2.40. The molecule has 0 bridgehead atoms. The van der Waals surface area contributed by atoms with Crippen LogP contribution in [0.1, 0.15) is 31.4 Å². The smallest absolute Gasteiger partial charge is 0.0468 e. The van der Waals surface area contributed by atoms with E-state index < -0.39 is 0 Å². The second-order valence-electron chi connectivity index (χ2n) is 4.93. The van der Waals surface area contributed by atoms with Crippen LogP contribution >= 0.6 is 23.2 Å². The van der Waals surface area contributed by atoms with Crippen molar-refractivity contribution in [2.45, 2.75) is 25.8 Å². The topological polar surface area (TPSA) is 29.3 Å². The second-order valence-corrected chi connectivity index (χ2v) is 5.77. The number of hydrogen-bond donors (Lipinski definition) is 1. The first-order valence-electron chi connectivity index (χ1n) is 6.56. The first kappa shape index (κ1) is 14.1. The number of nitrogens with two attached hydrogens (primary N) is 1. The van der Waals surface area contributed by atoms with E-state index in [-0.39, 0.29) is 0 Å². The van der Waals surface area contributed by atoms with Gasteiger partial charge in [0, 0.05) is 16.1 Å². The Morgan fingerprint density at radius 3 is 2.78 bits per heavy atom. The average molecular weight is 287 g/mol. The van der Waals surface area contributed by atoms with Gasteiger partial charge in [0.05, 0.1) is 0 Å². The lowest BCUT2D eigenvalue weighted by atomic mass is 9.93. The van der Waals surface area contributed by atoms with Crippen molar-refractivity contribution in [2.75, 3.05) is 19.6 Å². The number of halogens is 2. The highest BCUT2D eigenvalue weighted by molar-refractivity contribution is 6.35. The predicted octanol–water partition coefficient (Wildman–Crippen LogP) is 3.73. The van der Waals surface area contributed by atoms with Gasteiger partial charge >= 0.3 is 0 Å². The molecule has 0 spiro atoms. The lowest BCUT2D eigenvalue weighted by Crippen LogP contribution is -2.29. The molecular formula is C14H20Cl2N2. The van der Waals surface area contributed by atoms with Gasteiger partial charge in [0.15, 0.2) is 0 Å². The standard InChI is InChI=1S/C14H20Cl2N2/c1-2-6-18-7-5-10(9-17)14(18)12-4-3-11(15)8-13(12)16/h3-4,8,10,14H,2,5-7,9,17H2,1H3. The summed E-state index contributed by atoms with van der Waals surface area (Å²) in [4.78, 5) is 2.49. The molecule has 1 heterocycles. The molecule has 1 aliphatic rings. The van der Waals surface area contributed by atoms with E-state index in [4.69, 9.17) is 28.9 Å². The molecule has 2 rings (SSSR count). The molecule has 2 unspecified atom stereocenters. The van der Waals surface area contributed by atoms with E-state index in [0.717, 1.165) is 31.0 Å². The average Bonchev–Trinajstić information content (AvgIpc) is 2.73. The Balaban J connectivity index is 2.31. The van der Waals surface area contributed by atoms with Gasteiger partial charge in [-0.15, -0.1) is 0 Å². The lowest BCUT2D eigenvalue weighted by Gasteiger charge is -2.28. The molecule has 2 N–H and O–H groups in total. The highest BCUT2D eigenvalue weighted by atomic mass is 35.5. The Bertz CT molecular complexity index is 409. The zero-order valence-corrected chi connectivity index (χ0v) is 12.2. The van der Waals surface area contributed by atoms with Crippen molar-refractivity contribution < 1.29 is 0 Å². The van der Waals surface area contributed by atoms with E-state index in [0.29, 0.717) is 23.5 Å². The van der Waals surface area contributed by atoms with Crippen LogP contribution in [0.25, 0.3) is 0 Å². The highest BCUT2D eigenvalue weighted by Gasteiger charge is 2.34. The Morgan fingerprint density at radius 1 is 1.39 bits per heavy atom. The maximum absolute atomic E-state index is 6.35. The molecule has 0 aromatic heterocycles. The largest absolute Gasteiger partial charge is 0.330 e. The van der Waals surface area contributed by atoms with E-state index >= 15 is 0 Å². The summed E-state index contributed by atoms with van der Waals surface area (Å²) in [6, 6.07) is 6.14. The van der Waals surface area contributed by atoms with Gasteiger partial charge in [0.25, 0.3) is 0 Å². The van der Waals surface area contributed by atoms with E-state index in [1.807, 2.05) is 18.2 Å². The summed E-state index contributed by atoms with van der Waals surface area (Å²) in [7, 11) is 0. The fraction of sp³-hybridized carbons (Fsp3) is 0.571. The Kier molecular flexibility index (Phi) is 4.91. The fourth-order valence-corrected chi connectivity index (χ4v) is 3.42. The third kappa shape index (κ3) is 2.83. The molecule has 1 aromatic rings. The van der Waals surface area contributed by atoms with Crippen LogP contribution in [-0.2, 0) is 0 Å². The molecule has 1 saturated heterocycles. The SMILES string of the molecule is CCCN1CCC(CN)C1c1ccc(Cl)cc1Cl. The molecule has 0 amide bonds. The van der Waals surface area contributed by atoms with Crippen LogP contribution in [0.5, 0.6) is 0 Å². The molecule has 1 fully saturated rings. The van der Waals surface area contributed by atoms with Gasteiger partial charge in [-0.1, -0.05) is 36.2 Å². The van der Waals surface area contributed by atoms with Crippen LogP contribution in [0, 0.1) is 5.92 Å². The van der Waals surface area contributed by atoms with E-state index in [9.17, 15) is 0 Å². The van der Waals surface area contributed by atoms with Crippen molar-refractivity contribution >= 4 is 23.2 Å². The normalized spacial score (nSPS) is 24.7. The van der Waals surface area contributed by atoms with E-state index in [1.165, 1.54) is 5.56 Å². The van der Waals surface area contributed by atoms with Crippen LogP contribution in [0.15, 0.2) is 18.2 Å². The van der Waals surface area contributed by atoms with Crippen molar-refractivity contribution in [1.82, 2.24) is 4.90 Å². The minimum Gasteiger partial charge on any atom is -0.330 e. The molecule has 4 heteroatoms. The minimum atomic E-state index is 0.347. The van der Waals surface area contributed by atoms with E-state index in [2.05, 4.69) is 11.8 Å². The van der Waals surface area contributed by atoms with Gasteiger partial charge in [0.2, 0.25) is 0 Å². The van der Waals surface area contributed by atoms with Crippen LogP contribution in [0.2, 0.25) is 10.0 Å². The molecule has 2 atom stereocenters. The summed E-state index contributed by atoms with van der Waals surface area (Å²) >= 11 is 12.3. The van der Waals surface area contributed by atoms with Crippen LogP contribution in [-0.4, -0.2) is 24.5 Å². The molecule has 18 heavy (non-hydrogen) atoms. The van der Waals surface area contributed by atoms with E-state index in [1.54, 1.807) is 0 Å². The number of benzene rings is 1. The molecule has 100 valence electrons. The van der Waals surface area contributed by atoms with Crippen molar-refractivity contribution in [1.29, 1.82) is 0 Å². The zero-order chi connectivity index (χ0) is 13.1. The fourth-order valence-electron chi connectivity index (χ4n) is 2.90. The number of hydrogen-bond acceptors (Lipinski definition) is 2. The third-order valence-electron chi connectivity index (χ3n) is 3.72. The van der Waals surface area contributed by atoms with Crippen LogP contribution in [0.3, 0.4) is 0 Å². The monoisotopic (exact) mass is 286 g/mol. The Morgan fingerprint density at radius 2 is 2.17 bits per heavy atom. The van der Waals surface area contributed by atoms with Gasteiger partial charge in [-0.25, -0.2) is 0 Å². The molecule has 0 aliphatic carbocycles. The maximum atomic E-state index is 6.35. The summed E-state index contributed by atoms with van der Waals surface area (Å²) in [6.07, 6.45) is 2.30. The van der Waals surface area contributed by atoms with Gasteiger partial charge in [-0.05, 0) is 56.1 Å². The van der Waals surface area contributed by atoms with Gasteiger partial charge in [-0.3, -0.25) is 4.90 Å². The Labute approximate surface area is 119 Å². The summed E-state index contributed by atoms with van der Waals surface area (Å²) in [5.41, 5.74) is 7.07. The number of likely N-dealkylation sites (tertiary alicyclic amines) is 1. The Hall–Kier alpha value is -0.280. The molecule has 1 aliphatic heterocycles. The summed E-state index contributed by atoms with van der Waals surface area (Å²) in [6.45, 7) is 5.12.